The van der Waals surface area contributed by atoms with E-state index in [1.807, 2.05) is 74.1 Å². The maximum absolute atomic E-state index is 14.1. The Morgan fingerprint density at radius 1 is 0.587 bits per heavy atom. The molecule has 0 bridgehead atoms. The molecule has 2 aromatic heterocycles. The number of aryl methyl sites for hydroxylation is 2. The molecule has 3 atom stereocenters. The highest BCUT2D eigenvalue weighted by atomic mass is 16.4. The average Bonchev–Trinajstić information content (AvgIpc) is 0.837. The van der Waals surface area contributed by atoms with E-state index in [0.717, 1.165) is 27.7 Å². The highest BCUT2D eigenvalue weighted by Gasteiger charge is 2.27. The first-order valence-corrected chi connectivity index (χ1v) is 35.0. The summed E-state index contributed by atoms with van der Waals surface area (Å²) in [4.78, 5) is 130. The third-order valence-electron chi connectivity index (χ3n) is 17.6. The quantitative estimate of drug-likeness (QED) is 0.0111. The van der Waals surface area contributed by atoms with Gasteiger partial charge in [-0.1, -0.05) is 16.5 Å². The van der Waals surface area contributed by atoms with E-state index in [9.17, 15) is 53.1 Å². The summed E-state index contributed by atoms with van der Waals surface area (Å²) in [6, 6.07) is 26.6. The highest BCUT2D eigenvalue weighted by molar-refractivity contribution is 6.08. The molecule has 11 N–H and O–H groups in total. The van der Waals surface area contributed by atoms with Crippen LogP contribution in [0.4, 0.5) is 5.69 Å². The maximum atomic E-state index is 14.1. The van der Waals surface area contributed by atoms with Crippen LogP contribution in [-0.4, -0.2) is 167 Å². The number of carbonyl (C=O) groups is 10. The van der Waals surface area contributed by atoms with Crippen molar-refractivity contribution in [3.63, 3.8) is 0 Å². The number of hydrogen-bond acceptors (Lipinski definition) is 18. The number of aromatic carboxylic acids is 1. The van der Waals surface area contributed by atoms with Crippen LogP contribution < -0.4 is 63.3 Å². The minimum absolute atomic E-state index is 0.00572. The third kappa shape index (κ3) is 23.0. The fourth-order valence-electron chi connectivity index (χ4n) is 11.7. The van der Waals surface area contributed by atoms with Crippen molar-refractivity contribution in [2.45, 2.75) is 141 Å². The summed E-state index contributed by atoms with van der Waals surface area (Å²) < 4.78 is 11.6. The molecule has 0 fully saturated rings. The molecular formula is C75H92N16O13. The Hall–Kier alpha value is -11.5. The molecule has 29 nitrogen and oxygen atoms in total. The van der Waals surface area contributed by atoms with Crippen LogP contribution in [0.1, 0.15) is 162 Å². The molecule has 0 radical (unpaired) electrons. The van der Waals surface area contributed by atoms with E-state index in [1.54, 1.807) is 76.4 Å². The second-order valence-electron chi connectivity index (χ2n) is 26.0. The van der Waals surface area contributed by atoms with Crippen LogP contribution in [0.2, 0.25) is 0 Å². The van der Waals surface area contributed by atoms with Crippen molar-refractivity contribution in [1.82, 2.24) is 66.5 Å². The molecule has 6 aromatic rings. The van der Waals surface area contributed by atoms with Crippen molar-refractivity contribution in [2.24, 2.45) is 11.5 Å². The molecule has 104 heavy (non-hydrogen) atoms. The van der Waals surface area contributed by atoms with E-state index in [1.165, 1.54) is 19.1 Å². The number of amides is 7. The van der Waals surface area contributed by atoms with Crippen LogP contribution >= 0.6 is 0 Å². The first-order chi connectivity index (χ1) is 49.9. The zero-order valence-corrected chi connectivity index (χ0v) is 59.3. The van der Waals surface area contributed by atoms with Gasteiger partial charge in [0.1, 0.15) is 43.6 Å². The number of Topliss-reactive ketones (excluding diaryl/α,β-unsaturated/α-hetero) is 1. The number of nitrogens with two attached hydrogens (primary N) is 2. The van der Waals surface area contributed by atoms with Crippen molar-refractivity contribution < 1.29 is 62.6 Å². The maximum Gasteiger partial charge on any atom is 0.320 e. The first-order valence-electron chi connectivity index (χ1n) is 35.0. The van der Waals surface area contributed by atoms with Crippen molar-refractivity contribution in [3.05, 3.63) is 155 Å². The molecule has 8 rings (SSSR count). The van der Waals surface area contributed by atoms with Gasteiger partial charge in [0.05, 0.1) is 47.2 Å². The predicted octanol–water partition coefficient (Wildman–Crippen LogP) is 4.32. The average molecular weight is 1430 g/mol. The number of aromatic nitrogens is 6. The van der Waals surface area contributed by atoms with Crippen molar-refractivity contribution in [3.8, 4) is 33.8 Å². The molecule has 3 unspecified atom stereocenters. The van der Waals surface area contributed by atoms with Gasteiger partial charge in [0.25, 0.3) is 11.8 Å². The molecule has 3 heterocycles. The number of carboxylic acids is 2. The number of carbonyl (C=O) groups excluding carboxylic acids is 9. The Labute approximate surface area is 601 Å². The van der Waals surface area contributed by atoms with Gasteiger partial charge in [-0.15, -0.1) is 10.2 Å². The van der Waals surface area contributed by atoms with E-state index in [0.29, 0.717) is 141 Å². The molecule has 1 aliphatic heterocycles. The number of ketones is 1. The smallest absolute Gasteiger partial charge is 0.320 e. The fourth-order valence-corrected chi connectivity index (χ4v) is 11.7. The van der Waals surface area contributed by atoms with Crippen LogP contribution in [-0.2, 0) is 41.6 Å². The van der Waals surface area contributed by atoms with Gasteiger partial charge in [0.2, 0.25) is 34.9 Å². The molecular weight excluding hydrogens is 1330 g/mol. The SMILES string of the molecule is CC(=O)c1ccc(-n2cc(CCCC(=O)NCCCCC(=O)NC(CCCCNC(=O)c3ccc(-c4c5ccc(=[N+](C)C)cc-5oc5cc(N(C)C)ccc45)cc3C(=O)[O-])C(=O)NC(CCCCNC(=O)c3ccc(-n4cc(CCCC(=O)NCCCCC(N)C(=O)O)nn4)cc3)C(N)=O)nn2)cc1. The molecule has 550 valence electrons. The van der Waals surface area contributed by atoms with Gasteiger partial charge in [-0.25, -0.2) is 13.9 Å². The summed E-state index contributed by atoms with van der Waals surface area (Å²) in [7, 11) is 7.66. The summed E-state index contributed by atoms with van der Waals surface area (Å²) in [5.74, 6) is -5.33. The van der Waals surface area contributed by atoms with Gasteiger partial charge >= 0.3 is 5.97 Å². The number of primary amides is 1. The van der Waals surface area contributed by atoms with Crippen LogP contribution in [0.15, 0.2) is 120 Å². The molecule has 0 saturated carbocycles. The van der Waals surface area contributed by atoms with E-state index >= 15 is 0 Å². The third-order valence-corrected chi connectivity index (χ3v) is 17.6. The normalized spacial score (nSPS) is 12.0. The van der Waals surface area contributed by atoms with Crippen LogP contribution in [0.5, 0.6) is 0 Å². The van der Waals surface area contributed by atoms with Gasteiger partial charge in [0.15, 0.2) is 5.78 Å². The molecule has 2 aliphatic rings. The van der Waals surface area contributed by atoms with Gasteiger partial charge < -0.3 is 67.7 Å². The number of fused-ring (bicyclic) bond motifs is 2. The Balaban J connectivity index is 0.819. The van der Waals surface area contributed by atoms with Crippen molar-refractivity contribution >= 4 is 75.7 Å². The Kier molecular flexibility index (Phi) is 29.0. The highest BCUT2D eigenvalue weighted by Crippen LogP contribution is 2.41. The lowest BCUT2D eigenvalue weighted by molar-refractivity contribution is -0.255. The van der Waals surface area contributed by atoms with Gasteiger partial charge in [0, 0.05) is 116 Å². The summed E-state index contributed by atoms with van der Waals surface area (Å²) in [5, 5.41) is 57.0. The lowest BCUT2D eigenvalue weighted by Crippen LogP contribution is -2.53. The monoisotopic (exact) mass is 1420 g/mol. The topological polar surface area (TPSA) is 419 Å². The molecule has 1 aliphatic carbocycles. The van der Waals surface area contributed by atoms with Crippen LogP contribution in [0, 0.1) is 0 Å². The van der Waals surface area contributed by atoms with Crippen LogP contribution in [0.25, 0.3) is 44.8 Å². The van der Waals surface area contributed by atoms with E-state index in [4.69, 9.17) is 21.0 Å². The summed E-state index contributed by atoms with van der Waals surface area (Å²) >= 11 is 0. The second-order valence-corrected chi connectivity index (χ2v) is 26.0. The number of anilines is 1. The number of hydrogen-bond donors (Lipinski definition) is 9. The molecule has 0 saturated heterocycles. The number of benzene rings is 5. The standard InChI is InChI=1S/C75H92N16O13/c1-47(92)48-24-29-53(30-25-48)90-45-51(84-86-90)16-15-23-67(94)79-39-13-9-21-68(95)82-63(20-8-12-41-81-72(98)57-35-28-50(42-60(57)74(100)101)69-58-36-33-55(88(2)3)43-64(58)104-65-44-56(89(4)5)34-37-59(65)69)73(99)83-62(70(77)96)19-7-11-40-80-71(97)49-26-31-54(32-27-49)91-46-52(85-87-91)17-14-22-66(93)78-38-10-6-18-61(76)75(102)103/h24-37,42-46,61-63H,6-23,38-41,76H2,1-5H3,(H9-,77,78,79,80,81,82,83,93,94,95,96,97,98,99,100,101,102,103). The minimum atomic E-state index is -1.56. The second kappa shape index (κ2) is 38.5. The first kappa shape index (κ1) is 78.2. The van der Waals surface area contributed by atoms with Crippen molar-refractivity contribution in [1.29, 1.82) is 0 Å². The molecule has 0 spiro atoms. The van der Waals surface area contributed by atoms with E-state index < -0.39 is 53.7 Å². The number of nitrogens with zero attached hydrogens (tertiary/aromatic N) is 8. The van der Waals surface area contributed by atoms with Crippen molar-refractivity contribution in [2.75, 3.05) is 59.3 Å². The lowest BCUT2D eigenvalue weighted by atomic mass is 9.91. The minimum Gasteiger partial charge on any atom is -0.545 e. The number of carboxylic acid groups (broad SMARTS) is 2. The number of aliphatic carboxylic acids is 1. The Bertz CT molecular complexity index is 4390. The molecule has 4 aromatic carbocycles. The zero-order valence-electron chi connectivity index (χ0n) is 59.3. The number of rotatable bonds is 41. The Morgan fingerprint density at radius 2 is 1.13 bits per heavy atom. The summed E-state index contributed by atoms with van der Waals surface area (Å²) in [5.41, 5.74) is 18.0. The van der Waals surface area contributed by atoms with Gasteiger partial charge in [-0.05, 0) is 188 Å². The molecule has 7 amide bonds. The van der Waals surface area contributed by atoms with E-state index in [-0.39, 0.29) is 86.2 Å². The Morgan fingerprint density at radius 3 is 1.69 bits per heavy atom. The van der Waals surface area contributed by atoms with Crippen LogP contribution in [0.3, 0.4) is 0 Å². The zero-order chi connectivity index (χ0) is 74.8. The largest absolute Gasteiger partial charge is 0.545 e. The fraction of sp³-hybridized carbons (Fsp3) is 0.400. The predicted molar refractivity (Wildman–Crippen MR) is 387 cm³/mol. The summed E-state index contributed by atoms with van der Waals surface area (Å²) in [6.07, 6.45) is 9.99. The van der Waals surface area contributed by atoms with Gasteiger partial charge in [-0.2, -0.15) is 0 Å². The number of unbranched alkanes of at least 4 members (excludes halogenated alkanes) is 4. The van der Waals surface area contributed by atoms with Gasteiger partial charge in [-0.3, -0.25) is 43.2 Å². The van der Waals surface area contributed by atoms with E-state index in [2.05, 4.69) is 52.5 Å². The lowest BCUT2D eigenvalue weighted by Gasteiger charge is -2.22. The summed E-state index contributed by atoms with van der Waals surface area (Å²) in [6.45, 7) is 2.51. The molecule has 29 heteroatoms. The number of nitrogens with one attached hydrogen (secondary N) is 6.